The van der Waals surface area contributed by atoms with Crippen LogP contribution >= 0.6 is 0 Å². The summed E-state index contributed by atoms with van der Waals surface area (Å²) >= 11 is 0. The van der Waals surface area contributed by atoms with E-state index in [9.17, 15) is 29.1 Å². The Morgan fingerprint density at radius 1 is 0.667 bits per heavy atom. The lowest BCUT2D eigenvalue weighted by atomic mass is 10.0. The van der Waals surface area contributed by atoms with Crippen molar-refractivity contribution in [2.75, 3.05) is 19.6 Å². The topological polar surface area (TPSA) is 304 Å². The van der Waals surface area contributed by atoms with Gasteiger partial charge in [0, 0.05) is 13.0 Å². The maximum atomic E-state index is 13.2. The van der Waals surface area contributed by atoms with Crippen molar-refractivity contribution in [3.63, 3.8) is 0 Å². The molecule has 0 radical (unpaired) electrons. The second kappa shape index (κ2) is 20.5. The highest BCUT2D eigenvalue weighted by atomic mass is 16.4. The first kappa shape index (κ1) is 35.5. The highest BCUT2D eigenvalue weighted by Crippen LogP contribution is 2.08. The number of rotatable bonds is 22. The number of unbranched alkanes of at least 4 members (excludes halogenated alkanes) is 2. The van der Waals surface area contributed by atoms with Gasteiger partial charge in [0.2, 0.25) is 17.7 Å². The molecule has 0 aromatic carbocycles. The van der Waals surface area contributed by atoms with Crippen LogP contribution in [0, 0.1) is 0 Å². The van der Waals surface area contributed by atoms with Crippen LogP contribution in [0.3, 0.4) is 0 Å². The largest absolute Gasteiger partial charge is 0.481 e. The molecule has 4 atom stereocenters. The molecule has 4 unspecified atom stereocenters. The number of nitrogens with two attached hydrogens (primary N) is 5. The number of carbonyl (C=O) groups is 5. The van der Waals surface area contributed by atoms with Gasteiger partial charge in [-0.25, -0.2) is 4.79 Å². The first-order valence-electron chi connectivity index (χ1n) is 13.0. The molecule has 39 heavy (non-hydrogen) atoms. The van der Waals surface area contributed by atoms with E-state index < -0.39 is 53.8 Å². The van der Waals surface area contributed by atoms with E-state index >= 15 is 0 Å². The SMILES string of the molecule is NCCCCC(NC(=O)C(CCCCN)NC(=O)C(CCCN=C(N)N)NC(=O)C(N)CCC(=O)O)C(=O)O. The predicted octanol–water partition coefficient (Wildman–Crippen LogP) is -2.97. The van der Waals surface area contributed by atoms with E-state index in [0.717, 1.165) is 0 Å². The number of hydrogen-bond acceptors (Lipinski definition) is 9. The summed E-state index contributed by atoms with van der Waals surface area (Å²) in [4.78, 5) is 65.0. The summed E-state index contributed by atoms with van der Waals surface area (Å²) in [6, 6.07) is -4.59. The maximum absolute atomic E-state index is 13.2. The second-order valence-electron chi connectivity index (χ2n) is 9.08. The van der Waals surface area contributed by atoms with Crippen molar-refractivity contribution < 1.29 is 34.2 Å². The minimum atomic E-state index is -1.22. The summed E-state index contributed by atoms with van der Waals surface area (Å²) in [5, 5.41) is 25.9. The molecule has 0 spiro atoms. The molecule has 0 heterocycles. The molecule has 3 amide bonds. The highest BCUT2D eigenvalue weighted by molar-refractivity contribution is 5.94. The van der Waals surface area contributed by atoms with Crippen molar-refractivity contribution >= 4 is 35.6 Å². The van der Waals surface area contributed by atoms with Crippen LogP contribution in [0.25, 0.3) is 0 Å². The number of amides is 3. The fourth-order valence-electron chi connectivity index (χ4n) is 3.52. The van der Waals surface area contributed by atoms with Crippen molar-refractivity contribution in [1.29, 1.82) is 0 Å². The number of carbonyl (C=O) groups excluding carboxylic acids is 3. The minimum Gasteiger partial charge on any atom is -0.481 e. The monoisotopic (exact) mass is 559 g/mol. The molecule has 0 fully saturated rings. The summed E-state index contributed by atoms with van der Waals surface area (Å²) in [7, 11) is 0. The molecule has 0 saturated carbocycles. The average molecular weight is 560 g/mol. The van der Waals surface area contributed by atoms with E-state index in [1.807, 2.05) is 0 Å². The summed E-state index contributed by atoms with van der Waals surface area (Å²) in [5.41, 5.74) is 27.4. The first-order chi connectivity index (χ1) is 18.4. The van der Waals surface area contributed by atoms with Gasteiger partial charge in [-0.3, -0.25) is 24.2 Å². The third-order valence-corrected chi connectivity index (χ3v) is 5.73. The molecule has 0 aromatic rings. The van der Waals surface area contributed by atoms with Crippen molar-refractivity contribution in [3.8, 4) is 0 Å². The van der Waals surface area contributed by atoms with Gasteiger partial charge < -0.3 is 54.8 Å². The van der Waals surface area contributed by atoms with Crippen LogP contribution in [-0.4, -0.2) is 89.6 Å². The van der Waals surface area contributed by atoms with Gasteiger partial charge in [-0.15, -0.1) is 0 Å². The molecule has 0 aliphatic heterocycles. The smallest absolute Gasteiger partial charge is 0.326 e. The number of nitrogens with zero attached hydrogens (tertiary/aromatic N) is 1. The minimum absolute atomic E-state index is 0.0774. The summed E-state index contributed by atoms with van der Waals surface area (Å²) < 4.78 is 0. The first-order valence-corrected chi connectivity index (χ1v) is 13.0. The Hall–Kier alpha value is -3.50. The number of carboxylic acid groups (broad SMARTS) is 2. The van der Waals surface area contributed by atoms with Crippen LogP contribution in [0.1, 0.15) is 64.2 Å². The number of hydrogen-bond donors (Lipinski definition) is 10. The molecule has 0 rings (SSSR count). The summed E-state index contributed by atoms with van der Waals surface area (Å²) in [5.74, 6) is -4.63. The van der Waals surface area contributed by atoms with Crippen LogP contribution in [0.2, 0.25) is 0 Å². The lowest BCUT2D eigenvalue weighted by Gasteiger charge is -2.25. The number of nitrogens with one attached hydrogen (secondary N) is 3. The Morgan fingerprint density at radius 2 is 1.13 bits per heavy atom. The van der Waals surface area contributed by atoms with Crippen molar-refractivity contribution in [2.45, 2.75) is 88.4 Å². The van der Waals surface area contributed by atoms with Gasteiger partial charge in [0.1, 0.15) is 18.1 Å². The second-order valence-corrected chi connectivity index (χ2v) is 9.08. The molecule has 0 saturated heterocycles. The standard InChI is InChI=1S/C23H45N9O7/c24-11-3-1-6-15(21(37)32-17(22(38)39)7-2-4-12-25)31-20(36)16(8-5-13-29-23(27)28)30-19(35)14(26)9-10-18(33)34/h14-17H,1-13,24-26H2,(H,30,35)(H,31,36)(H,32,37)(H,33,34)(H,38,39)(H4,27,28,29). The lowest BCUT2D eigenvalue weighted by molar-refractivity contribution is -0.142. The average Bonchev–Trinajstić information content (AvgIpc) is 2.87. The number of aliphatic imine (C=N–C) groups is 1. The number of guanidine groups is 1. The highest BCUT2D eigenvalue weighted by Gasteiger charge is 2.30. The molecule has 0 aliphatic carbocycles. The zero-order valence-electron chi connectivity index (χ0n) is 22.3. The molecular formula is C23H45N9O7. The molecule has 15 N–H and O–H groups in total. The zero-order valence-corrected chi connectivity index (χ0v) is 22.3. The Labute approximate surface area is 227 Å². The van der Waals surface area contributed by atoms with Crippen LogP contribution in [0.5, 0.6) is 0 Å². The van der Waals surface area contributed by atoms with Crippen LogP contribution < -0.4 is 44.6 Å². The quantitative estimate of drug-likeness (QED) is 0.0361. The summed E-state index contributed by atoms with van der Waals surface area (Å²) in [6.07, 6.45) is 2.34. The van der Waals surface area contributed by atoms with Gasteiger partial charge in [0.15, 0.2) is 5.96 Å². The van der Waals surface area contributed by atoms with E-state index in [4.69, 9.17) is 33.8 Å². The fourth-order valence-corrected chi connectivity index (χ4v) is 3.52. The van der Waals surface area contributed by atoms with Crippen LogP contribution in [-0.2, 0) is 24.0 Å². The van der Waals surface area contributed by atoms with E-state index in [-0.39, 0.29) is 51.0 Å². The lowest BCUT2D eigenvalue weighted by Crippen LogP contribution is -2.57. The van der Waals surface area contributed by atoms with Crippen molar-refractivity contribution in [3.05, 3.63) is 0 Å². The summed E-state index contributed by atoms with van der Waals surface area (Å²) in [6.45, 7) is 0.904. The Bertz CT molecular complexity index is 822. The number of carboxylic acids is 2. The van der Waals surface area contributed by atoms with E-state index in [1.54, 1.807) is 0 Å². The molecule has 16 nitrogen and oxygen atoms in total. The van der Waals surface area contributed by atoms with E-state index in [1.165, 1.54) is 0 Å². The maximum Gasteiger partial charge on any atom is 0.326 e. The van der Waals surface area contributed by atoms with Crippen molar-refractivity contribution in [2.24, 2.45) is 33.7 Å². The van der Waals surface area contributed by atoms with Gasteiger partial charge in [0.05, 0.1) is 6.04 Å². The molecule has 16 heteroatoms. The van der Waals surface area contributed by atoms with Gasteiger partial charge in [-0.05, 0) is 70.9 Å². The Morgan fingerprint density at radius 3 is 1.59 bits per heavy atom. The van der Waals surface area contributed by atoms with E-state index in [2.05, 4.69) is 20.9 Å². The van der Waals surface area contributed by atoms with Gasteiger partial charge in [-0.1, -0.05) is 0 Å². The fraction of sp³-hybridized carbons (Fsp3) is 0.739. The van der Waals surface area contributed by atoms with Crippen LogP contribution in [0.15, 0.2) is 4.99 Å². The van der Waals surface area contributed by atoms with Gasteiger partial charge >= 0.3 is 11.9 Å². The molecule has 0 aromatic heterocycles. The molecule has 0 bridgehead atoms. The van der Waals surface area contributed by atoms with Gasteiger partial charge in [-0.2, -0.15) is 0 Å². The number of aliphatic carboxylic acids is 2. The van der Waals surface area contributed by atoms with Gasteiger partial charge in [0.25, 0.3) is 0 Å². The zero-order chi connectivity index (χ0) is 29.8. The Kier molecular flexibility index (Phi) is 18.6. The molecular weight excluding hydrogens is 514 g/mol. The van der Waals surface area contributed by atoms with Crippen LogP contribution in [0.4, 0.5) is 0 Å². The normalized spacial score (nSPS) is 13.8. The molecule has 224 valence electrons. The molecule has 0 aliphatic rings. The van der Waals surface area contributed by atoms with E-state index in [0.29, 0.717) is 38.8 Å². The van der Waals surface area contributed by atoms with Crippen molar-refractivity contribution in [1.82, 2.24) is 16.0 Å². The third-order valence-electron chi connectivity index (χ3n) is 5.73. The Balaban J connectivity index is 5.61. The predicted molar refractivity (Wildman–Crippen MR) is 144 cm³/mol. The third kappa shape index (κ3) is 16.9.